The summed E-state index contributed by atoms with van der Waals surface area (Å²) < 4.78 is 18.5. The Morgan fingerprint density at radius 3 is 2.82 bits per heavy atom. The van der Waals surface area contributed by atoms with Crippen LogP contribution in [0.15, 0.2) is 58.1 Å². The largest absolute Gasteiger partial charge is 0.463 e. The van der Waals surface area contributed by atoms with Gasteiger partial charge in [0, 0.05) is 0 Å². The topological polar surface area (TPSA) is 45.8 Å². The number of aliphatic imine (C=N–C) groups is 1. The highest BCUT2D eigenvalue weighted by Crippen LogP contribution is 2.38. The van der Waals surface area contributed by atoms with Crippen molar-refractivity contribution in [3.05, 3.63) is 65.9 Å². The molecule has 1 saturated heterocycles. The van der Waals surface area contributed by atoms with Gasteiger partial charge in [-0.15, -0.1) is 0 Å². The van der Waals surface area contributed by atoms with Gasteiger partial charge in [0.25, 0.3) is 0 Å². The molecule has 0 spiro atoms. The van der Waals surface area contributed by atoms with Gasteiger partial charge in [-0.05, 0) is 35.9 Å². The number of hydrogen-bond acceptors (Lipinski definition) is 4. The van der Waals surface area contributed by atoms with Gasteiger partial charge in [0.05, 0.1) is 23.8 Å². The summed E-state index contributed by atoms with van der Waals surface area (Å²) in [5.74, 6) is 0.696. The number of fused-ring (bicyclic) bond motifs is 1. The normalized spacial score (nSPS) is 20.7. The third-order valence-corrected chi connectivity index (χ3v) is 4.49. The first kappa shape index (κ1) is 13.3. The molecule has 0 saturated carbocycles. The van der Waals surface area contributed by atoms with Crippen LogP contribution in [0.2, 0.25) is 0 Å². The lowest BCUT2D eigenvalue weighted by Crippen LogP contribution is -2.30. The molecule has 2 aliphatic rings. The van der Waals surface area contributed by atoms with Crippen molar-refractivity contribution in [2.45, 2.75) is 6.04 Å². The van der Waals surface area contributed by atoms with Gasteiger partial charge in [0.2, 0.25) is 5.91 Å². The Labute approximate surface area is 130 Å². The second-order valence-electron chi connectivity index (χ2n) is 4.96. The highest BCUT2D eigenvalue weighted by molar-refractivity contribution is 8.15. The van der Waals surface area contributed by atoms with Crippen molar-refractivity contribution in [2.75, 3.05) is 5.75 Å². The smallest absolute Gasteiger partial charge is 0.243 e. The summed E-state index contributed by atoms with van der Waals surface area (Å²) in [6, 6.07) is 9.57. The van der Waals surface area contributed by atoms with Crippen LogP contribution in [0.3, 0.4) is 0 Å². The highest BCUT2D eigenvalue weighted by Gasteiger charge is 2.36. The van der Waals surface area contributed by atoms with Crippen molar-refractivity contribution in [1.82, 2.24) is 4.90 Å². The summed E-state index contributed by atoms with van der Waals surface area (Å²) in [6.07, 6.45) is 3.45. The molecule has 6 heteroatoms. The average molecular weight is 314 g/mol. The maximum atomic E-state index is 13.1. The van der Waals surface area contributed by atoms with E-state index in [0.717, 1.165) is 5.56 Å². The summed E-state index contributed by atoms with van der Waals surface area (Å²) in [7, 11) is 0. The maximum Gasteiger partial charge on any atom is 0.243 e. The number of amidine groups is 1. The van der Waals surface area contributed by atoms with E-state index >= 15 is 0 Å². The number of rotatable bonds is 2. The molecule has 1 atom stereocenters. The van der Waals surface area contributed by atoms with Gasteiger partial charge in [-0.1, -0.05) is 23.9 Å². The molecule has 1 aromatic heterocycles. The monoisotopic (exact) mass is 314 g/mol. The van der Waals surface area contributed by atoms with Gasteiger partial charge in [0.1, 0.15) is 5.82 Å². The van der Waals surface area contributed by atoms with Crippen molar-refractivity contribution in [1.29, 1.82) is 0 Å². The molecular formula is C16H11FN2O2S. The van der Waals surface area contributed by atoms with Crippen LogP contribution in [0.5, 0.6) is 0 Å². The molecule has 0 N–H and O–H groups in total. The molecule has 2 aromatic rings. The minimum Gasteiger partial charge on any atom is -0.463 e. The lowest BCUT2D eigenvalue weighted by atomic mass is 10.0. The lowest BCUT2D eigenvalue weighted by Gasteiger charge is -2.25. The Morgan fingerprint density at radius 2 is 2.09 bits per heavy atom. The van der Waals surface area contributed by atoms with E-state index in [9.17, 15) is 9.18 Å². The second kappa shape index (κ2) is 5.14. The van der Waals surface area contributed by atoms with Crippen LogP contribution >= 0.6 is 11.8 Å². The SMILES string of the molecule is O=C1CSC2=NC(c3ccc(F)cc3)C=C(c3ccco3)N12. The zero-order valence-electron chi connectivity index (χ0n) is 11.4. The molecule has 1 fully saturated rings. The quantitative estimate of drug-likeness (QED) is 0.853. The van der Waals surface area contributed by atoms with Gasteiger partial charge >= 0.3 is 0 Å². The van der Waals surface area contributed by atoms with E-state index in [1.54, 1.807) is 29.4 Å². The second-order valence-corrected chi connectivity index (χ2v) is 5.90. The number of carbonyl (C=O) groups excluding carboxylic acids is 1. The molecule has 1 amide bonds. The summed E-state index contributed by atoms with van der Waals surface area (Å²) in [5.41, 5.74) is 1.57. The molecular weight excluding hydrogens is 303 g/mol. The molecule has 0 bridgehead atoms. The fourth-order valence-corrected chi connectivity index (χ4v) is 3.42. The van der Waals surface area contributed by atoms with Crippen molar-refractivity contribution >= 4 is 28.5 Å². The predicted octanol–water partition coefficient (Wildman–Crippen LogP) is 3.45. The van der Waals surface area contributed by atoms with Gasteiger partial charge < -0.3 is 4.42 Å². The molecule has 3 heterocycles. The first-order valence-electron chi connectivity index (χ1n) is 6.77. The van der Waals surface area contributed by atoms with Crippen LogP contribution < -0.4 is 0 Å². The zero-order valence-corrected chi connectivity index (χ0v) is 12.2. The Hall–Kier alpha value is -2.34. The van der Waals surface area contributed by atoms with E-state index in [4.69, 9.17) is 4.42 Å². The number of hydrogen-bond donors (Lipinski definition) is 0. The first-order chi connectivity index (χ1) is 10.7. The fourth-order valence-electron chi connectivity index (χ4n) is 2.52. The van der Waals surface area contributed by atoms with Crippen molar-refractivity contribution < 1.29 is 13.6 Å². The minimum absolute atomic E-state index is 0.0102. The first-order valence-corrected chi connectivity index (χ1v) is 7.75. The zero-order chi connectivity index (χ0) is 15.1. The number of carbonyl (C=O) groups is 1. The Balaban J connectivity index is 1.80. The van der Waals surface area contributed by atoms with E-state index in [-0.39, 0.29) is 17.8 Å². The molecule has 0 aliphatic carbocycles. The van der Waals surface area contributed by atoms with E-state index in [2.05, 4.69) is 4.99 Å². The molecule has 2 aliphatic heterocycles. The van der Waals surface area contributed by atoms with Crippen molar-refractivity contribution in [3.63, 3.8) is 0 Å². The van der Waals surface area contributed by atoms with Crippen molar-refractivity contribution in [3.8, 4) is 0 Å². The molecule has 0 radical (unpaired) electrons. The molecule has 22 heavy (non-hydrogen) atoms. The number of thioether (sulfide) groups is 1. The maximum absolute atomic E-state index is 13.1. The van der Waals surface area contributed by atoms with E-state index in [0.29, 0.717) is 22.4 Å². The van der Waals surface area contributed by atoms with Gasteiger partial charge in [-0.2, -0.15) is 0 Å². The Morgan fingerprint density at radius 1 is 1.27 bits per heavy atom. The van der Waals surface area contributed by atoms with Crippen LogP contribution in [0.25, 0.3) is 5.70 Å². The molecule has 110 valence electrons. The number of furan rings is 1. The molecule has 1 aromatic carbocycles. The van der Waals surface area contributed by atoms with Crippen LogP contribution in [0.1, 0.15) is 17.4 Å². The molecule has 4 nitrogen and oxygen atoms in total. The predicted molar refractivity (Wildman–Crippen MR) is 82.6 cm³/mol. The van der Waals surface area contributed by atoms with Gasteiger partial charge in [-0.3, -0.25) is 9.69 Å². The van der Waals surface area contributed by atoms with E-state index < -0.39 is 0 Å². The molecule has 1 unspecified atom stereocenters. The number of nitrogens with zero attached hydrogens (tertiary/aromatic N) is 2. The summed E-state index contributed by atoms with van der Waals surface area (Å²) >= 11 is 1.41. The third-order valence-electron chi connectivity index (χ3n) is 3.56. The molecule has 4 rings (SSSR count). The van der Waals surface area contributed by atoms with Crippen LogP contribution in [-0.4, -0.2) is 21.7 Å². The van der Waals surface area contributed by atoms with E-state index in [1.165, 1.54) is 23.9 Å². The average Bonchev–Trinajstić information content (AvgIpc) is 3.18. The summed E-state index contributed by atoms with van der Waals surface area (Å²) in [6.45, 7) is 0. The highest BCUT2D eigenvalue weighted by atomic mass is 32.2. The summed E-state index contributed by atoms with van der Waals surface area (Å²) in [5, 5.41) is 0.660. The van der Waals surface area contributed by atoms with Crippen LogP contribution in [-0.2, 0) is 4.79 Å². The van der Waals surface area contributed by atoms with Crippen LogP contribution in [0, 0.1) is 5.82 Å². The number of halogens is 1. The fraction of sp³-hybridized carbons (Fsp3) is 0.125. The van der Waals surface area contributed by atoms with Gasteiger partial charge in [0.15, 0.2) is 10.9 Å². The van der Waals surface area contributed by atoms with Crippen LogP contribution in [0.4, 0.5) is 4.39 Å². The lowest BCUT2D eigenvalue weighted by molar-refractivity contribution is -0.121. The summed E-state index contributed by atoms with van der Waals surface area (Å²) in [4.78, 5) is 18.3. The third kappa shape index (κ3) is 2.16. The van der Waals surface area contributed by atoms with Crippen molar-refractivity contribution in [2.24, 2.45) is 4.99 Å². The Kier molecular flexibility index (Phi) is 3.11. The number of benzene rings is 1. The number of amides is 1. The van der Waals surface area contributed by atoms with E-state index in [1.807, 2.05) is 12.1 Å². The standard InChI is InChI=1S/C16H11FN2O2S/c17-11-5-3-10(4-6-11)12-8-13(14-2-1-7-21-14)19-15(20)9-22-16(19)18-12/h1-8,12H,9H2. The minimum atomic E-state index is -0.283. The van der Waals surface area contributed by atoms with Gasteiger partial charge in [-0.25, -0.2) is 9.38 Å². The Bertz CT molecular complexity index is 781.